The summed E-state index contributed by atoms with van der Waals surface area (Å²) < 4.78 is 5.63. The van der Waals surface area contributed by atoms with Crippen LogP contribution in [-0.2, 0) is 0 Å². The van der Waals surface area contributed by atoms with Gasteiger partial charge in [0.25, 0.3) is 0 Å². The average molecular weight is 306 g/mol. The van der Waals surface area contributed by atoms with Gasteiger partial charge in [-0.05, 0) is 24.1 Å². The van der Waals surface area contributed by atoms with Gasteiger partial charge in [-0.1, -0.05) is 13.8 Å². The maximum absolute atomic E-state index is 12.3. The van der Waals surface area contributed by atoms with Crippen LogP contribution in [0.3, 0.4) is 0 Å². The van der Waals surface area contributed by atoms with Crippen LogP contribution in [0, 0.1) is 5.92 Å². The van der Waals surface area contributed by atoms with E-state index in [1.165, 1.54) is 6.07 Å². The molecule has 122 valence electrons. The topological polar surface area (TPSA) is 61.8 Å². The zero-order chi connectivity index (χ0) is 15.9. The predicted molar refractivity (Wildman–Crippen MR) is 86.7 cm³/mol. The molecule has 0 unspecified atom stereocenters. The van der Waals surface area contributed by atoms with Gasteiger partial charge in [0, 0.05) is 39.1 Å². The molecule has 5 nitrogen and oxygen atoms in total. The summed E-state index contributed by atoms with van der Waals surface area (Å²) in [4.78, 5) is 14.6. The maximum Gasteiger partial charge on any atom is 0.168 e. The lowest BCUT2D eigenvalue weighted by molar-refractivity contribution is 0.0957. The van der Waals surface area contributed by atoms with Crippen molar-refractivity contribution in [1.29, 1.82) is 0 Å². The quantitative estimate of drug-likeness (QED) is 0.754. The van der Waals surface area contributed by atoms with E-state index in [0.29, 0.717) is 30.3 Å². The van der Waals surface area contributed by atoms with Gasteiger partial charge in [-0.25, -0.2) is 0 Å². The molecule has 1 aromatic rings. The van der Waals surface area contributed by atoms with Crippen LogP contribution in [0.1, 0.15) is 30.6 Å². The number of phenols is 1. The fraction of sp³-hybridized carbons (Fsp3) is 0.588. The molecule has 0 radical (unpaired) electrons. The highest BCUT2D eigenvalue weighted by Crippen LogP contribution is 2.24. The number of ether oxygens (including phenoxy) is 1. The van der Waals surface area contributed by atoms with Crippen LogP contribution < -0.4 is 10.1 Å². The van der Waals surface area contributed by atoms with Crippen molar-refractivity contribution in [1.82, 2.24) is 10.2 Å². The summed E-state index contributed by atoms with van der Waals surface area (Å²) in [5, 5.41) is 13.2. The number of piperazine rings is 1. The van der Waals surface area contributed by atoms with Gasteiger partial charge in [0.15, 0.2) is 5.78 Å². The minimum absolute atomic E-state index is 0.0298. The Hall–Kier alpha value is -1.59. The van der Waals surface area contributed by atoms with E-state index in [0.717, 1.165) is 32.7 Å². The molecule has 0 aromatic heterocycles. The molecule has 1 aliphatic heterocycles. The Bertz CT molecular complexity index is 497. The molecule has 1 fully saturated rings. The lowest BCUT2D eigenvalue weighted by atomic mass is 10.1. The van der Waals surface area contributed by atoms with Crippen molar-refractivity contribution < 1.29 is 14.6 Å². The monoisotopic (exact) mass is 306 g/mol. The largest absolute Gasteiger partial charge is 0.507 e. The number of carbonyl (C=O) groups excluding carboxylic acids is 1. The molecule has 0 saturated carbocycles. The highest BCUT2D eigenvalue weighted by atomic mass is 16.5. The molecule has 1 heterocycles. The highest BCUT2D eigenvalue weighted by molar-refractivity contribution is 5.99. The van der Waals surface area contributed by atoms with Crippen molar-refractivity contribution in [3.05, 3.63) is 23.8 Å². The summed E-state index contributed by atoms with van der Waals surface area (Å²) in [5.74, 6) is 1.05. The molecular formula is C17H26N2O3. The number of carbonyl (C=O) groups is 1. The Morgan fingerprint density at radius 1 is 1.36 bits per heavy atom. The summed E-state index contributed by atoms with van der Waals surface area (Å²) in [5.41, 5.74) is 0.358. The summed E-state index contributed by atoms with van der Waals surface area (Å²) in [6.45, 7) is 9.35. The number of nitrogens with one attached hydrogen (secondary N) is 1. The van der Waals surface area contributed by atoms with E-state index in [1.807, 2.05) is 0 Å². The van der Waals surface area contributed by atoms with E-state index >= 15 is 0 Å². The van der Waals surface area contributed by atoms with Gasteiger partial charge in [0.05, 0.1) is 12.2 Å². The minimum atomic E-state index is -0.0361. The van der Waals surface area contributed by atoms with Gasteiger partial charge in [0.1, 0.15) is 11.5 Å². The van der Waals surface area contributed by atoms with E-state index in [-0.39, 0.29) is 11.5 Å². The second-order valence-corrected chi connectivity index (χ2v) is 6.15. The number of hydrogen-bond donors (Lipinski definition) is 2. The molecule has 0 bridgehead atoms. The fourth-order valence-corrected chi connectivity index (χ4v) is 2.42. The molecule has 22 heavy (non-hydrogen) atoms. The van der Waals surface area contributed by atoms with Crippen molar-refractivity contribution >= 4 is 5.78 Å². The SMILES string of the molecule is CC(C)COc1ccc(O)c(C(=O)CCN2CCNCC2)c1. The number of hydrogen-bond acceptors (Lipinski definition) is 5. The number of aromatic hydroxyl groups is 1. The zero-order valence-electron chi connectivity index (χ0n) is 13.5. The van der Waals surface area contributed by atoms with Crippen molar-refractivity contribution in [3.8, 4) is 11.5 Å². The third-order valence-corrected chi connectivity index (χ3v) is 3.72. The molecule has 1 aromatic carbocycles. The number of nitrogens with zero attached hydrogens (tertiary/aromatic N) is 1. The third-order valence-electron chi connectivity index (χ3n) is 3.72. The van der Waals surface area contributed by atoms with Crippen molar-refractivity contribution in [2.24, 2.45) is 5.92 Å². The molecule has 2 rings (SSSR count). The van der Waals surface area contributed by atoms with Crippen LogP contribution in [0.5, 0.6) is 11.5 Å². The second kappa shape index (κ2) is 8.15. The molecule has 1 saturated heterocycles. The first-order valence-corrected chi connectivity index (χ1v) is 7.98. The van der Waals surface area contributed by atoms with Gasteiger partial charge in [0.2, 0.25) is 0 Å². The molecule has 2 N–H and O–H groups in total. The minimum Gasteiger partial charge on any atom is -0.507 e. The van der Waals surface area contributed by atoms with Gasteiger partial charge < -0.3 is 20.1 Å². The molecule has 5 heteroatoms. The van der Waals surface area contributed by atoms with Gasteiger partial charge in [-0.15, -0.1) is 0 Å². The van der Waals surface area contributed by atoms with Crippen LogP contribution in [-0.4, -0.2) is 55.1 Å². The van der Waals surface area contributed by atoms with E-state index in [9.17, 15) is 9.90 Å². The summed E-state index contributed by atoms with van der Waals surface area (Å²) in [6.07, 6.45) is 0.418. The van der Waals surface area contributed by atoms with Crippen LogP contribution in [0.15, 0.2) is 18.2 Å². The molecule has 0 atom stereocenters. The van der Waals surface area contributed by atoms with Crippen LogP contribution >= 0.6 is 0 Å². The number of Topliss-reactive ketones (excluding diaryl/α,β-unsaturated/α-hetero) is 1. The van der Waals surface area contributed by atoms with Crippen molar-refractivity contribution in [2.45, 2.75) is 20.3 Å². The first kappa shape index (κ1) is 16.8. The number of rotatable bonds is 7. The number of phenolic OH excluding ortho intramolecular Hbond substituents is 1. The lowest BCUT2D eigenvalue weighted by Crippen LogP contribution is -2.44. The summed E-state index contributed by atoms with van der Waals surface area (Å²) in [6, 6.07) is 4.89. The van der Waals surface area contributed by atoms with E-state index in [2.05, 4.69) is 24.1 Å². The number of ketones is 1. The average Bonchev–Trinajstić information content (AvgIpc) is 2.52. The normalized spacial score (nSPS) is 16.0. The lowest BCUT2D eigenvalue weighted by Gasteiger charge is -2.26. The van der Waals surface area contributed by atoms with Crippen LogP contribution in [0.2, 0.25) is 0 Å². The van der Waals surface area contributed by atoms with E-state index in [4.69, 9.17) is 4.74 Å². The Morgan fingerprint density at radius 2 is 2.09 bits per heavy atom. The molecule has 0 amide bonds. The van der Waals surface area contributed by atoms with Crippen LogP contribution in [0.25, 0.3) is 0 Å². The summed E-state index contributed by atoms with van der Waals surface area (Å²) in [7, 11) is 0. The molecule has 1 aliphatic rings. The fourth-order valence-electron chi connectivity index (χ4n) is 2.42. The van der Waals surface area contributed by atoms with E-state index in [1.54, 1.807) is 12.1 Å². The Labute approximate surface area is 132 Å². The second-order valence-electron chi connectivity index (χ2n) is 6.15. The van der Waals surface area contributed by atoms with E-state index < -0.39 is 0 Å². The van der Waals surface area contributed by atoms with Crippen LogP contribution in [0.4, 0.5) is 0 Å². The Morgan fingerprint density at radius 3 is 2.77 bits per heavy atom. The zero-order valence-corrected chi connectivity index (χ0v) is 13.5. The van der Waals surface area contributed by atoms with Gasteiger partial charge in [-0.3, -0.25) is 4.79 Å². The first-order chi connectivity index (χ1) is 10.6. The summed E-state index contributed by atoms with van der Waals surface area (Å²) >= 11 is 0. The smallest absolute Gasteiger partial charge is 0.168 e. The van der Waals surface area contributed by atoms with Gasteiger partial charge >= 0.3 is 0 Å². The van der Waals surface area contributed by atoms with Crippen molar-refractivity contribution in [3.63, 3.8) is 0 Å². The maximum atomic E-state index is 12.3. The number of benzene rings is 1. The standard InChI is InChI=1S/C17H26N2O3/c1-13(2)12-22-14-3-4-16(20)15(11-14)17(21)5-8-19-9-6-18-7-10-19/h3-4,11,13,18,20H,5-10,12H2,1-2H3. The van der Waals surface area contributed by atoms with Crippen molar-refractivity contribution in [2.75, 3.05) is 39.3 Å². The predicted octanol–water partition coefficient (Wildman–Crippen LogP) is 1.91. The Balaban J connectivity index is 1.93. The third kappa shape index (κ3) is 5.00. The molecular weight excluding hydrogens is 280 g/mol. The van der Waals surface area contributed by atoms with Gasteiger partial charge in [-0.2, -0.15) is 0 Å². The Kier molecular flexibility index (Phi) is 6.21. The molecule has 0 spiro atoms. The first-order valence-electron chi connectivity index (χ1n) is 7.98. The highest BCUT2D eigenvalue weighted by Gasteiger charge is 2.16. The molecule has 0 aliphatic carbocycles.